The summed E-state index contributed by atoms with van der Waals surface area (Å²) in [5.41, 5.74) is 0.979. The van der Waals surface area contributed by atoms with Crippen LogP contribution in [0.25, 0.3) is 0 Å². The molecule has 6 nitrogen and oxygen atoms in total. The summed E-state index contributed by atoms with van der Waals surface area (Å²) in [6.45, 7) is 4.18. The quantitative estimate of drug-likeness (QED) is 0.867. The Morgan fingerprint density at radius 3 is 2.62 bits per heavy atom. The molecular formula is C15H17N3O3. The molecule has 0 aliphatic heterocycles. The van der Waals surface area contributed by atoms with E-state index in [4.69, 9.17) is 4.74 Å². The summed E-state index contributed by atoms with van der Waals surface area (Å²) in [6.07, 6.45) is 0. The first kappa shape index (κ1) is 14.8. The van der Waals surface area contributed by atoms with Crippen molar-refractivity contribution in [2.45, 2.75) is 19.9 Å². The van der Waals surface area contributed by atoms with E-state index in [0.717, 1.165) is 11.3 Å². The van der Waals surface area contributed by atoms with Crippen molar-refractivity contribution < 1.29 is 9.53 Å². The third kappa shape index (κ3) is 4.45. The van der Waals surface area contributed by atoms with Crippen LogP contribution in [-0.4, -0.2) is 28.8 Å². The van der Waals surface area contributed by atoms with Crippen molar-refractivity contribution in [1.82, 2.24) is 15.5 Å². The molecule has 1 aromatic carbocycles. The SMILES string of the molecule is Cc1ccc(OC[C@H](C)NC(=O)c2ccc(=O)[nH]n2)cc1. The van der Waals surface area contributed by atoms with E-state index in [9.17, 15) is 9.59 Å². The normalized spacial score (nSPS) is 11.7. The molecule has 0 radical (unpaired) electrons. The van der Waals surface area contributed by atoms with Gasteiger partial charge in [-0.25, -0.2) is 5.10 Å². The van der Waals surface area contributed by atoms with E-state index in [1.54, 1.807) is 0 Å². The Morgan fingerprint density at radius 1 is 1.29 bits per heavy atom. The Kier molecular flexibility index (Phi) is 4.71. The molecule has 2 rings (SSSR count). The highest BCUT2D eigenvalue weighted by molar-refractivity contribution is 5.92. The largest absolute Gasteiger partial charge is 0.491 e. The molecule has 6 heteroatoms. The molecule has 110 valence electrons. The number of rotatable bonds is 5. The molecule has 1 amide bonds. The molecule has 0 saturated heterocycles. The number of H-pyrrole nitrogens is 1. The van der Waals surface area contributed by atoms with Gasteiger partial charge in [0.15, 0.2) is 0 Å². The monoisotopic (exact) mass is 287 g/mol. The van der Waals surface area contributed by atoms with Gasteiger partial charge in [-0.05, 0) is 32.0 Å². The van der Waals surface area contributed by atoms with Gasteiger partial charge in [0, 0.05) is 6.07 Å². The van der Waals surface area contributed by atoms with E-state index in [1.165, 1.54) is 12.1 Å². The molecule has 0 saturated carbocycles. The van der Waals surface area contributed by atoms with E-state index >= 15 is 0 Å². The number of carbonyl (C=O) groups is 1. The van der Waals surface area contributed by atoms with Gasteiger partial charge in [-0.1, -0.05) is 17.7 Å². The van der Waals surface area contributed by atoms with Crippen LogP contribution in [0.3, 0.4) is 0 Å². The predicted octanol–water partition coefficient (Wildman–Crippen LogP) is 1.28. The van der Waals surface area contributed by atoms with Crippen molar-refractivity contribution in [3.8, 4) is 5.75 Å². The van der Waals surface area contributed by atoms with Crippen LogP contribution in [0, 0.1) is 6.92 Å². The highest BCUT2D eigenvalue weighted by atomic mass is 16.5. The standard InChI is InChI=1S/C15H17N3O3/c1-10-3-5-12(6-4-10)21-9-11(2)16-15(20)13-7-8-14(19)18-17-13/h3-8,11H,9H2,1-2H3,(H,16,20)(H,18,19)/t11-/m0/s1. The highest BCUT2D eigenvalue weighted by Crippen LogP contribution is 2.11. The molecule has 0 aliphatic rings. The number of amides is 1. The number of nitrogens with one attached hydrogen (secondary N) is 2. The van der Waals surface area contributed by atoms with Crippen LogP contribution in [0.4, 0.5) is 0 Å². The number of benzene rings is 1. The Labute approximate surface area is 122 Å². The fourth-order valence-corrected chi connectivity index (χ4v) is 1.67. The van der Waals surface area contributed by atoms with E-state index in [-0.39, 0.29) is 23.2 Å². The molecule has 2 N–H and O–H groups in total. The lowest BCUT2D eigenvalue weighted by atomic mass is 10.2. The number of aromatic nitrogens is 2. The smallest absolute Gasteiger partial charge is 0.272 e. The summed E-state index contributed by atoms with van der Waals surface area (Å²) in [5.74, 6) is 0.398. The Morgan fingerprint density at radius 2 is 2.00 bits per heavy atom. The second-order valence-electron chi connectivity index (χ2n) is 4.80. The lowest BCUT2D eigenvalue weighted by Crippen LogP contribution is -2.37. The predicted molar refractivity (Wildman–Crippen MR) is 78.5 cm³/mol. The van der Waals surface area contributed by atoms with Crippen molar-refractivity contribution in [2.24, 2.45) is 0 Å². The van der Waals surface area contributed by atoms with E-state index < -0.39 is 0 Å². The molecule has 0 fully saturated rings. The fraction of sp³-hybridized carbons (Fsp3) is 0.267. The first-order valence-corrected chi connectivity index (χ1v) is 6.60. The van der Waals surface area contributed by atoms with E-state index in [1.807, 2.05) is 38.1 Å². The topological polar surface area (TPSA) is 84.1 Å². The first-order valence-electron chi connectivity index (χ1n) is 6.60. The molecular weight excluding hydrogens is 270 g/mol. The zero-order valence-electron chi connectivity index (χ0n) is 11.9. The molecule has 21 heavy (non-hydrogen) atoms. The summed E-state index contributed by atoms with van der Waals surface area (Å²) in [5, 5.41) is 8.64. The lowest BCUT2D eigenvalue weighted by molar-refractivity contribution is 0.0920. The highest BCUT2D eigenvalue weighted by Gasteiger charge is 2.11. The van der Waals surface area contributed by atoms with Crippen LogP contribution in [-0.2, 0) is 0 Å². The van der Waals surface area contributed by atoms with Gasteiger partial charge in [0.1, 0.15) is 18.1 Å². The van der Waals surface area contributed by atoms with Gasteiger partial charge in [0.05, 0.1) is 6.04 Å². The zero-order valence-corrected chi connectivity index (χ0v) is 11.9. The lowest BCUT2D eigenvalue weighted by Gasteiger charge is -2.14. The number of nitrogens with zero attached hydrogens (tertiary/aromatic N) is 1. The van der Waals surface area contributed by atoms with Crippen molar-refractivity contribution >= 4 is 5.91 Å². The fourth-order valence-electron chi connectivity index (χ4n) is 1.67. The van der Waals surface area contributed by atoms with Crippen molar-refractivity contribution in [2.75, 3.05) is 6.61 Å². The van der Waals surface area contributed by atoms with Crippen LogP contribution >= 0.6 is 0 Å². The van der Waals surface area contributed by atoms with Gasteiger partial charge in [0.2, 0.25) is 0 Å². The summed E-state index contributed by atoms with van der Waals surface area (Å²) in [4.78, 5) is 22.8. The molecule has 0 bridgehead atoms. The molecule has 2 aromatic rings. The summed E-state index contributed by atoms with van der Waals surface area (Å²) >= 11 is 0. The van der Waals surface area contributed by atoms with Crippen LogP contribution < -0.4 is 15.6 Å². The van der Waals surface area contributed by atoms with Gasteiger partial charge in [0.25, 0.3) is 11.5 Å². The van der Waals surface area contributed by atoms with Gasteiger partial charge in [-0.3, -0.25) is 9.59 Å². The molecule has 0 unspecified atom stereocenters. The summed E-state index contributed by atoms with van der Waals surface area (Å²) in [7, 11) is 0. The molecule has 0 spiro atoms. The van der Waals surface area contributed by atoms with Crippen molar-refractivity contribution in [1.29, 1.82) is 0 Å². The summed E-state index contributed by atoms with van der Waals surface area (Å²) in [6, 6.07) is 10.1. The third-order valence-electron chi connectivity index (χ3n) is 2.81. The second-order valence-corrected chi connectivity index (χ2v) is 4.80. The summed E-state index contributed by atoms with van der Waals surface area (Å²) < 4.78 is 5.59. The van der Waals surface area contributed by atoms with Crippen LogP contribution in [0.5, 0.6) is 5.75 Å². The van der Waals surface area contributed by atoms with E-state index in [0.29, 0.717) is 6.61 Å². The van der Waals surface area contributed by atoms with Crippen molar-refractivity contribution in [3.05, 3.63) is 58.0 Å². The van der Waals surface area contributed by atoms with Gasteiger partial charge < -0.3 is 10.1 Å². The maximum atomic E-state index is 11.9. The van der Waals surface area contributed by atoms with Gasteiger partial charge in [-0.2, -0.15) is 5.10 Å². The first-order chi connectivity index (χ1) is 10.0. The Bertz CT molecular complexity index is 644. The third-order valence-corrected chi connectivity index (χ3v) is 2.81. The minimum absolute atomic E-state index is 0.164. The molecule has 0 aliphatic carbocycles. The molecule has 1 atom stereocenters. The maximum absolute atomic E-state index is 11.9. The van der Waals surface area contributed by atoms with Crippen molar-refractivity contribution in [3.63, 3.8) is 0 Å². The number of hydrogen-bond acceptors (Lipinski definition) is 4. The molecule has 1 aromatic heterocycles. The number of ether oxygens (including phenoxy) is 1. The van der Waals surface area contributed by atoms with Gasteiger partial charge in [-0.15, -0.1) is 0 Å². The average Bonchev–Trinajstić information content (AvgIpc) is 2.47. The average molecular weight is 287 g/mol. The number of carbonyl (C=O) groups excluding carboxylic acids is 1. The second kappa shape index (κ2) is 6.69. The zero-order chi connectivity index (χ0) is 15.2. The van der Waals surface area contributed by atoms with E-state index in [2.05, 4.69) is 15.5 Å². The Balaban J connectivity index is 1.85. The Hall–Kier alpha value is -2.63. The minimum atomic E-state index is -0.355. The number of hydrogen-bond donors (Lipinski definition) is 2. The minimum Gasteiger partial charge on any atom is -0.491 e. The molecule has 1 heterocycles. The van der Waals surface area contributed by atoms with Crippen LogP contribution in [0.1, 0.15) is 23.0 Å². The van der Waals surface area contributed by atoms with Gasteiger partial charge >= 0.3 is 0 Å². The number of aryl methyl sites for hydroxylation is 1. The van der Waals surface area contributed by atoms with Crippen LogP contribution in [0.2, 0.25) is 0 Å². The number of aromatic amines is 1. The maximum Gasteiger partial charge on any atom is 0.272 e. The van der Waals surface area contributed by atoms with Crippen LogP contribution in [0.15, 0.2) is 41.2 Å².